The fraction of sp³-hybridized carbons (Fsp3) is 1.00. The van der Waals surface area contributed by atoms with Crippen LogP contribution in [0.1, 0.15) is 51.9 Å². The summed E-state index contributed by atoms with van der Waals surface area (Å²) in [5.74, 6) is 0.844. The van der Waals surface area contributed by atoms with Crippen LogP contribution in [0.25, 0.3) is 0 Å². The summed E-state index contributed by atoms with van der Waals surface area (Å²) >= 11 is 0. The monoisotopic (exact) mass is 156 g/mol. The van der Waals surface area contributed by atoms with Crippen LogP contribution in [0.2, 0.25) is 0 Å². The van der Waals surface area contributed by atoms with Crippen LogP contribution in [0, 0.1) is 5.92 Å². The second-order valence-electron chi connectivity index (χ2n) is 3.83. The van der Waals surface area contributed by atoms with Crippen molar-refractivity contribution in [2.24, 2.45) is 5.92 Å². The van der Waals surface area contributed by atoms with Gasteiger partial charge in [0.25, 0.3) is 0 Å². The fourth-order valence-corrected chi connectivity index (χ4v) is 2.08. The first kappa shape index (κ1) is 9.05. The van der Waals surface area contributed by atoms with Crippen LogP contribution in [-0.4, -0.2) is 11.2 Å². The van der Waals surface area contributed by atoms with Crippen molar-refractivity contribution in [2.45, 2.75) is 58.0 Å². The normalized spacial score (nSPS) is 22.4. The van der Waals surface area contributed by atoms with Crippen molar-refractivity contribution in [1.29, 1.82) is 0 Å². The Labute approximate surface area is 69.8 Å². The summed E-state index contributed by atoms with van der Waals surface area (Å²) in [6.45, 7) is 2.14. The average molecular weight is 156 g/mol. The summed E-state index contributed by atoms with van der Waals surface area (Å²) in [4.78, 5) is 0. The van der Waals surface area contributed by atoms with Crippen molar-refractivity contribution in [2.75, 3.05) is 0 Å². The van der Waals surface area contributed by atoms with E-state index in [-0.39, 0.29) is 6.10 Å². The number of aliphatic hydroxyl groups is 1. The molecule has 1 heteroatoms. The molecule has 0 radical (unpaired) electrons. The predicted molar refractivity (Wildman–Crippen MR) is 47.5 cm³/mol. The largest absolute Gasteiger partial charge is 0.393 e. The molecule has 0 bridgehead atoms. The van der Waals surface area contributed by atoms with Crippen LogP contribution in [0.4, 0.5) is 0 Å². The van der Waals surface area contributed by atoms with E-state index in [2.05, 4.69) is 6.92 Å². The lowest BCUT2D eigenvalue weighted by Gasteiger charge is -2.13. The molecule has 1 rings (SSSR count). The van der Waals surface area contributed by atoms with Gasteiger partial charge in [-0.15, -0.1) is 0 Å². The molecule has 0 heterocycles. The summed E-state index contributed by atoms with van der Waals surface area (Å²) < 4.78 is 0. The minimum Gasteiger partial charge on any atom is -0.393 e. The molecule has 1 fully saturated rings. The second-order valence-corrected chi connectivity index (χ2v) is 3.83. The van der Waals surface area contributed by atoms with E-state index >= 15 is 0 Å². The van der Waals surface area contributed by atoms with E-state index in [9.17, 15) is 5.11 Å². The van der Waals surface area contributed by atoms with E-state index in [0.717, 1.165) is 25.2 Å². The Morgan fingerprint density at radius 2 is 2.00 bits per heavy atom. The van der Waals surface area contributed by atoms with E-state index in [1.165, 1.54) is 25.7 Å². The maximum atomic E-state index is 9.51. The minimum atomic E-state index is -0.0110. The fourth-order valence-electron chi connectivity index (χ4n) is 2.08. The molecule has 1 saturated carbocycles. The lowest BCUT2D eigenvalue weighted by atomic mass is 9.98. The average Bonchev–Trinajstić information content (AvgIpc) is 2.40. The van der Waals surface area contributed by atoms with Gasteiger partial charge in [-0.1, -0.05) is 39.0 Å². The first-order valence-corrected chi connectivity index (χ1v) is 5.01. The highest BCUT2D eigenvalue weighted by atomic mass is 16.3. The molecule has 0 unspecified atom stereocenters. The van der Waals surface area contributed by atoms with Crippen molar-refractivity contribution in [3.63, 3.8) is 0 Å². The lowest BCUT2D eigenvalue weighted by Crippen LogP contribution is -2.10. The molecule has 11 heavy (non-hydrogen) atoms. The van der Waals surface area contributed by atoms with Crippen molar-refractivity contribution in [1.82, 2.24) is 0 Å². The van der Waals surface area contributed by atoms with Gasteiger partial charge in [-0.2, -0.15) is 0 Å². The zero-order valence-electron chi connectivity index (χ0n) is 7.55. The van der Waals surface area contributed by atoms with Gasteiger partial charge in [0.1, 0.15) is 0 Å². The van der Waals surface area contributed by atoms with E-state index in [0.29, 0.717) is 0 Å². The molecule has 0 aromatic rings. The van der Waals surface area contributed by atoms with Crippen LogP contribution < -0.4 is 0 Å². The van der Waals surface area contributed by atoms with Gasteiger partial charge >= 0.3 is 0 Å². The summed E-state index contributed by atoms with van der Waals surface area (Å²) in [6, 6.07) is 0. The number of rotatable bonds is 4. The summed E-state index contributed by atoms with van der Waals surface area (Å²) in [5, 5.41) is 9.51. The standard InChI is InChI=1S/C10H20O/c1-2-5-10(11)8-9-6-3-4-7-9/h9-11H,2-8H2,1H3/t10-/m0/s1. The third kappa shape index (κ3) is 3.24. The molecular weight excluding hydrogens is 136 g/mol. The number of aliphatic hydroxyl groups excluding tert-OH is 1. The third-order valence-electron chi connectivity index (χ3n) is 2.70. The Balaban J connectivity index is 2.08. The SMILES string of the molecule is CCC[C@H](O)CC1CCCC1. The van der Waals surface area contributed by atoms with Gasteiger partial charge in [0.2, 0.25) is 0 Å². The Kier molecular flexibility index (Phi) is 3.92. The molecule has 0 aromatic carbocycles. The molecule has 1 nitrogen and oxygen atoms in total. The van der Waals surface area contributed by atoms with Crippen LogP contribution in [0.3, 0.4) is 0 Å². The Hall–Kier alpha value is -0.0400. The van der Waals surface area contributed by atoms with E-state index in [4.69, 9.17) is 0 Å². The summed E-state index contributed by atoms with van der Waals surface area (Å²) in [5.41, 5.74) is 0. The Morgan fingerprint density at radius 1 is 1.36 bits per heavy atom. The molecule has 0 spiro atoms. The smallest absolute Gasteiger partial charge is 0.0542 e. The molecular formula is C10H20O. The van der Waals surface area contributed by atoms with Gasteiger partial charge in [0.05, 0.1) is 6.10 Å². The first-order valence-electron chi connectivity index (χ1n) is 5.01. The van der Waals surface area contributed by atoms with Crippen LogP contribution >= 0.6 is 0 Å². The Morgan fingerprint density at radius 3 is 2.55 bits per heavy atom. The molecule has 1 N–H and O–H groups in total. The summed E-state index contributed by atoms with van der Waals surface area (Å²) in [7, 11) is 0. The van der Waals surface area contributed by atoms with Gasteiger partial charge in [-0.05, 0) is 18.8 Å². The van der Waals surface area contributed by atoms with Crippen molar-refractivity contribution in [3.8, 4) is 0 Å². The van der Waals surface area contributed by atoms with Crippen molar-refractivity contribution in [3.05, 3.63) is 0 Å². The lowest BCUT2D eigenvalue weighted by molar-refractivity contribution is 0.133. The number of hydrogen-bond acceptors (Lipinski definition) is 1. The Bertz CT molecular complexity index is 95.0. The maximum Gasteiger partial charge on any atom is 0.0542 e. The van der Waals surface area contributed by atoms with Gasteiger partial charge in [-0.3, -0.25) is 0 Å². The van der Waals surface area contributed by atoms with E-state index in [1.807, 2.05) is 0 Å². The van der Waals surface area contributed by atoms with Crippen LogP contribution in [0.15, 0.2) is 0 Å². The maximum absolute atomic E-state index is 9.51. The van der Waals surface area contributed by atoms with Crippen molar-refractivity contribution < 1.29 is 5.11 Å². The van der Waals surface area contributed by atoms with Gasteiger partial charge in [-0.25, -0.2) is 0 Å². The number of hydrogen-bond donors (Lipinski definition) is 1. The summed E-state index contributed by atoms with van der Waals surface area (Å²) in [6.07, 6.45) is 8.68. The van der Waals surface area contributed by atoms with Crippen molar-refractivity contribution >= 4 is 0 Å². The zero-order valence-corrected chi connectivity index (χ0v) is 7.55. The van der Waals surface area contributed by atoms with E-state index < -0.39 is 0 Å². The highest BCUT2D eigenvalue weighted by Gasteiger charge is 2.17. The highest BCUT2D eigenvalue weighted by molar-refractivity contribution is 4.70. The molecule has 1 aliphatic rings. The van der Waals surface area contributed by atoms with Crippen LogP contribution in [0.5, 0.6) is 0 Å². The van der Waals surface area contributed by atoms with Crippen LogP contribution in [-0.2, 0) is 0 Å². The molecule has 0 amide bonds. The zero-order chi connectivity index (χ0) is 8.10. The molecule has 0 saturated heterocycles. The van der Waals surface area contributed by atoms with Gasteiger partial charge in [0.15, 0.2) is 0 Å². The van der Waals surface area contributed by atoms with Gasteiger partial charge < -0.3 is 5.11 Å². The predicted octanol–water partition coefficient (Wildman–Crippen LogP) is 2.73. The minimum absolute atomic E-state index is 0.0110. The molecule has 66 valence electrons. The highest BCUT2D eigenvalue weighted by Crippen LogP contribution is 2.29. The molecule has 1 atom stereocenters. The molecule has 0 aliphatic heterocycles. The van der Waals surface area contributed by atoms with E-state index in [1.54, 1.807) is 0 Å². The quantitative estimate of drug-likeness (QED) is 0.663. The second kappa shape index (κ2) is 4.76. The van der Waals surface area contributed by atoms with Gasteiger partial charge in [0, 0.05) is 0 Å². The molecule has 0 aromatic heterocycles. The molecule has 1 aliphatic carbocycles. The first-order chi connectivity index (χ1) is 5.33. The topological polar surface area (TPSA) is 20.2 Å². The third-order valence-corrected chi connectivity index (χ3v) is 2.70.